The van der Waals surface area contributed by atoms with Crippen molar-refractivity contribution in [3.63, 3.8) is 0 Å². The van der Waals surface area contributed by atoms with Gasteiger partial charge in [0, 0.05) is 11.5 Å². The molecular formula is C14H15NO5S. The second kappa shape index (κ2) is 5.59. The summed E-state index contributed by atoms with van der Waals surface area (Å²) in [6, 6.07) is 7.06. The predicted octanol–water partition coefficient (Wildman–Crippen LogP) is 1.95. The SMILES string of the molecule is O=c1ccc2cc(S(=O)(=O)NOC3CCCC3)ccc2o1. The molecule has 1 aliphatic rings. The topological polar surface area (TPSA) is 85.6 Å². The number of nitrogens with one attached hydrogen (secondary N) is 1. The first-order chi connectivity index (χ1) is 10.0. The van der Waals surface area contributed by atoms with Gasteiger partial charge >= 0.3 is 5.63 Å². The van der Waals surface area contributed by atoms with Gasteiger partial charge < -0.3 is 4.42 Å². The van der Waals surface area contributed by atoms with Gasteiger partial charge in [0.05, 0.1) is 11.0 Å². The molecule has 0 atom stereocenters. The summed E-state index contributed by atoms with van der Waals surface area (Å²) in [5, 5.41) is 0.540. The van der Waals surface area contributed by atoms with Gasteiger partial charge in [-0.1, -0.05) is 17.7 Å². The van der Waals surface area contributed by atoms with E-state index in [1.54, 1.807) is 0 Å². The second-order valence-corrected chi connectivity index (χ2v) is 6.71. The fraction of sp³-hybridized carbons (Fsp3) is 0.357. The van der Waals surface area contributed by atoms with Crippen molar-refractivity contribution in [2.75, 3.05) is 0 Å². The zero-order valence-electron chi connectivity index (χ0n) is 11.2. The average Bonchev–Trinajstić information content (AvgIpc) is 2.98. The first-order valence-electron chi connectivity index (χ1n) is 6.76. The Kier molecular flexibility index (Phi) is 3.79. The molecule has 1 fully saturated rings. The van der Waals surface area contributed by atoms with E-state index in [4.69, 9.17) is 9.25 Å². The highest BCUT2D eigenvalue weighted by molar-refractivity contribution is 7.89. The molecule has 0 aliphatic heterocycles. The Balaban J connectivity index is 1.84. The summed E-state index contributed by atoms with van der Waals surface area (Å²) in [4.78, 5) is 18.6. The van der Waals surface area contributed by atoms with Gasteiger partial charge in [-0.25, -0.2) is 13.2 Å². The van der Waals surface area contributed by atoms with E-state index in [1.165, 1.54) is 30.3 Å². The third kappa shape index (κ3) is 3.15. The van der Waals surface area contributed by atoms with Crippen LogP contribution in [0.4, 0.5) is 0 Å². The van der Waals surface area contributed by atoms with Gasteiger partial charge in [0.15, 0.2) is 0 Å². The van der Waals surface area contributed by atoms with Crippen LogP contribution in [0.3, 0.4) is 0 Å². The summed E-state index contributed by atoms with van der Waals surface area (Å²) in [7, 11) is -3.74. The van der Waals surface area contributed by atoms with Gasteiger partial charge in [-0.05, 0) is 37.1 Å². The highest BCUT2D eigenvalue weighted by Crippen LogP contribution is 2.21. The van der Waals surface area contributed by atoms with Gasteiger partial charge in [-0.15, -0.1) is 0 Å². The first-order valence-corrected chi connectivity index (χ1v) is 8.24. The molecule has 6 nitrogen and oxygen atoms in total. The normalized spacial score (nSPS) is 16.6. The van der Waals surface area contributed by atoms with E-state index < -0.39 is 15.6 Å². The molecule has 0 bridgehead atoms. The van der Waals surface area contributed by atoms with Crippen LogP contribution in [0.25, 0.3) is 11.0 Å². The minimum absolute atomic E-state index is 0.0572. The standard InChI is InChI=1S/C14H15NO5S/c16-14-8-5-10-9-12(6-7-13(10)19-14)21(17,18)15-20-11-3-1-2-4-11/h5-9,11,15H,1-4H2. The number of rotatable bonds is 4. The van der Waals surface area contributed by atoms with Gasteiger partial charge in [0.1, 0.15) is 5.58 Å². The van der Waals surface area contributed by atoms with Crippen molar-refractivity contribution in [3.8, 4) is 0 Å². The number of benzene rings is 1. The molecule has 2 aromatic rings. The Morgan fingerprint density at radius 2 is 1.90 bits per heavy atom. The van der Waals surface area contributed by atoms with Crippen LogP contribution in [-0.4, -0.2) is 14.5 Å². The molecule has 1 N–H and O–H groups in total. The Labute approximate surface area is 121 Å². The fourth-order valence-electron chi connectivity index (χ4n) is 2.40. The predicted molar refractivity (Wildman–Crippen MR) is 76.1 cm³/mol. The number of hydrogen-bond acceptors (Lipinski definition) is 5. The van der Waals surface area contributed by atoms with Crippen LogP contribution in [0.1, 0.15) is 25.7 Å². The minimum atomic E-state index is -3.74. The average molecular weight is 309 g/mol. The summed E-state index contributed by atoms with van der Waals surface area (Å²) in [5.74, 6) is 0. The molecule has 112 valence electrons. The summed E-state index contributed by atoms with van der Waals surface area (Å²) in [5.41, 5.74) is -0.126. The zero-order valence-corrected chi connectivity index (χ0v) is 12.1. The highest BCUT2D eigenvalue weighted by atomic mass is 32.2. The van der Waals surface area contributed by atoms with Crippen LogP contribution in [0, 0.1) is 0 Å². The van der Waals surface area contributed by atoms with Crippen molar-refractivity contribution in [1.29, 1.82) is 0 Å². The van der Waals surface area contributed by atoms with E-state index in [0.29, 0.717) is 11.0 Å². The molecular weight excluding hydrogens is 294 g/mol. The molecule has 0 radical (unpaired) electrons. The van der Waals surface area contributed by atoms with Gasteiger partial charge in [-0.3, -0.25) is 4.84 Å². The van der Waals surface area contributed by atoms with E-state index in [1.807, 2.05) is 0 Å². The molecule has 1 aliphatic carbocycles. The molecule has 1 aromatic carbocycles. The van der Waals surface area contributed by atoms with E-state index >= 15 is 0 Å². The Hall–Kier alpha value is -1.70. The summed E-state index contributed by atoms with van der Waals surface area (Å²) >= 11 is 0. The summed E-state index contributed by atoms with van der Waals surface area (Å²) < 4.78 is 29.3. The third-order valence-corrected chi connectivity index (χ3v) is 4.72. The lowest BCUT2D eigenvalue weighted by Gasteiger charge is -2.12. The zero-order chi connectivity index (χ0) is 14.9. The van der Waals surface area contributed by atoms with Gasteiger partial charge in [0.2, 0.25) is 0 Å². The molecule has 3 rings (SSSR count). The van der Waals surface area contributed by atoms with Gasteiger partial charge in [-0.2, -0.15) is 0 Å². The minimum Gasteiger partial charge on any atom is -0.423 e. The van der Waals surface area contributed by atoms with Crippen molar-refractivity contribution >= 4 is 21.0 Å². The smallest absolute Gasteiger partial charge is 0.336 e. The van der Waals surface area contributed by atoms with E-state index in [9.17, 15) is 13.2 Å². The monoisotopic (exact) mass is 309 g/mol. The Bertz CT molecular complexity index is 805. The van der Waals surface area contributed by atoms with Crippen molar-refractivity contribution in [3.05, 3.63) is 40.8 Å². The molecule has 7 heteroatoms. The maximum atomic E-state index is 12.2. The lowest BCUT2D eigenvalue weighted by Crippen LogP contribution is -2.28. The van der Waals surface area contributed by atoms with Crippen molar-refractivity contribution in [2.24, 2.45) is 0 Å². The molecule has 1 heterocycles. The molecule has 21 heavy (non-hydrogen) atoms. The number of hydrogen-bond donors (Lipinski definition) is 1. The van der Waals surface area contributed by atoms with E-state index in [0.717, 1.165) is 25.7 Å². The van der Waals surface area contributed by atoms with Crippen LogP contribution < -0.4 is 10.5 Å². The largest absolute Gasteiger partial charge is 0.423 e. The highest BCUT2D eigenvalue weighted by Gasteiger charge is 2.21. The number of sulfonamides is 1. The third-order valence-electron chi connectivity index (χ3n) is 3.53. The molecule has 1 aromatic heterocycles. The van der Waals surface area contributed by atoms with Crippen LogP contribution in [0.15, 0.2) is 44.4 Å². The maximum absolute atomic E-state index is 12.2. The quantitative estimate of drug-likeness (QED) is 0.689. The molecule has 0 spiro atoms. The van der Waals surface area contributed by atoms with Gasteiger partial charge in [0.25, 0.3) is 10.0 Å². The fourth-order valence-corrected chi connectivity index (χ4v) is 3.29. The van der Waals surface area contributed by atoms with E-state index in [2.05, 4.69) is 4.89 Å². The Morgan fingerprint density at radius 3 is 2.67 bits per heavy atom. The lowest BCUT2D eigenvalue weighted by molar-refractivity contribution is 0.0223. The van der Waals surface area contributed by atoms with Crippen LogP contribution in [0.2, 0.25) is 0 Å². The van der Waals surface area contributed by atoms with Crippen LogP contribution in [0.5, 0.6) is 0 Å². The first kappa shape index (κ1) is 14.2. The van der Waals surface area contributed by atoms with Crippen LogP contribution >= 0.6 is 0 Å². The maximum Gasteiger partial charge on any atom is 0.336 e. The van der Waals surface area contributed by atoms with Crippen molar-refractivity contribution in [2.45, 2.75) is 36.7 Å². The van der Waals surface area contributed by atoms with Crippen LogP contribution in [-0.2, 0) is 14.9 Å². The molecule has 1 saturated carbocycles. The summed E-state index contributed by atoms with van der Waals surface area (Å²) in [6.07, 6.45) is 3.79. The Morgan fingerprint density at radius 1 is 1.14 bits per heavy atom. The molecule has 0 unspecified atom stereocenters. The summed E-state index contributed by atoms with van der Waals surface area (Å²) in [6.45, 7) is 0. The number of fused-ring (bicyclic) bond motifs is 1. The molecule has 0 amide bonds. The molecule has 0 saturated heterocycles. The van der Waals surface area contributed by atoms with Crippen molar-refractivity contribution < 1.29 is 17.7 Å². The van der Waals surface area contributed by atoms with Crippen molar-refractivity contribution in [1.82, 2.24) is 4.89 Å². The van der Waals surface area contributed by atoms with E-state index in [-0.39, 0.29) is 11.0 Å². The lowest BCUT2D eigenvalue weighted by atomic mass is 10.2. The second-order valence-electron chi connectivity index (χ2n) is 5.07.